The molecule has 0 aliphatic rings. The number of ether oxygens (including phenoxy) is 2. The minimum absolute atomic E-state index is 0.204. The Labute approximate surface area is 102 Å². The summed E-state index contributed by atoms with van der Waals surface area (Å²) in [6.07, 6.45) is 1.44. The van der Waals surface area contributed by atoms with Gasteiger partial charge in [-0.05, 0) is 12.8 Å². The first-order valence-corrected chi connectivity index (χ1v) is 5.44. The first-order valence-electron chi connectivity index (χ1n) is 5.44. The molecule has 0 aromatic rings. The van der Waals surface area contributed by atoms with Gasteiger partial charge >= 0.3 is 11.9 Å². The second-order valence-corrected chi connectivity index (χ2v) is 4.53. The summed E-state index contributed by atoms with van der Waals surface area (Å²) in [6.45, 7) is 13.8. The van der Waals surface area contributed by atoms with Crippen LogP contribution in [0.3, 0.4) is 0 Å². The van der Waals surface area contributed by atoms with Crippen molar-refractivity contribution >= 4 is 11.9 Å². The molecule has 0 rings (SSSR count). The minimum atomic E-state index is -1.28. The van der Waals surface area contributed by atoms with Crippen LogP contribution in [0.25, 0.3) is 0 Å². The summed E-state index contributed by atoms with van der Waals surface area (Å²) in [5.74, 6) is -2.28. The number of rotatable bonds is 6. The van der Waals surface area contributed by atoms with Crippen molar-refractivity contribution in [2.45, 2.75) is 39.9 Å². The van der Waals surface area contributed by atoms with E-state index in [1.165, 1.54) is 6.92 Å². The van der Waals surface area contributed by atoms with E-state index in [1.807, 2.05) is 13.8 Å². The van der Waals surface area contributed by atoms with Crippen LogP contribution in [-0.4, -0.2) is 17.7 Å². The molecule has 0 amide bonds. The fourth-order valence-electron chi connectivity index (χ4n) is 1.38. The van der Waals surface area contributed by atoms with Crippen LogP contribution in [0.5, 0.6) is 0 Å². The molecule has 4 heteroatoms. The third-order valence-electron chi connectivity index (χ3n) is 1.92. The quantitative estimate of drug-likeness (QED) is 0.407. The summed E-state index contributed by atoms with van der Waals surface area (Å²) in [6, 6.07) is 0. The largest absolute Gasteiger partial charge is 0.420 e. The highest BCUT2D eigenvalue weighted by atomic mass is 16.7. The van der Waals surface area contributed by atoms with E-state index < -0.39 is 17.7 Å². The van der Waals surface area contributed by atoms with Crippen LogP contribution >= 0.6 is 0 Å². The lowest BCUT2D eigenvalue weighted by Gasteiger charge is -2.30. The Kier molecular flexibility index (Phi) is 5.65. The summed E-state index contributed by atoms with van der Waals surface area (Å²) in [4.78, 5) is 22.7. The van der Waals surface area contributed by atoms with Crippen LogP contribution in [0, 0.1) is 5.92 Å². The van der Waals surface area contributed by atoms with E-state index in [0.29, 0.717) is 6.42 Å². The Morgan fingerprint density at radius 1 is 1.35 bits per heavy atom. The van der Waals surface area contributed by atoms with Crippen molar-refractivity contribution in [3.8, 4) is 0 Å². The lowest BCUT2D eigenvalue weighted by Crippen LogP contribution is -2.38. The fourth-order valence-corrected chi connectivity index (χ4v) is 1.38. The van der Waals surface area contributed by atoms with Crippen LogP contribution in [0.2, 0.25) is 0 Å². The molecule has 4 nitrogen and oxygen atoms in total. The Balaban J connectivity index is 4.83. The molecule has 96 valence electrons. The van der Waals surface area contributed by atoms with Gasteiger partial charge in [0.05, 0.1) is 0 Å². The topological polar surface area (TPSA) is 52.6 Å². The minimum Gasteiger partial charge on any atom is -0.420 e. The van der Waals surface area contributed by atoms with E-state index in [-0.39, 0.29) is 11.5 Å². The van der Waals surface area contributed by atoms with Gasteiger partial charge in [-0.3, -0.25) is 0 Å². The zero-order chi connectivity index (χ0) is 13.6. The maximum Gasteiger partial charge on any atom is 0.336 e. The smallest absolute Gasteiger partial charge is 0.336 e. The fraction of sp³-hybridized carbons (Fsp3) is 0.538. The van der Waals surface area contributed by atoms with Crippen molar-refractivity contribution in [2.75, 3.05) is 0 Å². The molecular formula is C13H20O4. The Bertz CT molecular complexity index is 330. The molecule has 0 aromatic heterocycles. The van der Waals surface area contributed by atoms with Crippen molar-refractivity contribution in [1.29, 1.82) is 0 Å². The average molecular weight is 240 g/mol. The van der Waals surface area contributed by atoms with Gasteiger partial charge in [0, 0.05) is 25.0 Å². The third-order valence-corrected chi connectivity index (χ3v) is 1.92. The predicted molar refractivity (Wildman–Crippen MR) is 65.1 cm³/mol. The lowest BCUT2D eigenvalue weighted by atomic mass is 10.0. The van der Waals surface area contributed by atoms with Crippen LogP contribution in [0.15, 0.2) is 24.8 Å². The van der Waals surface area contributed by atoms with E-state index in [1.54, 1.807) is 6.92 Å². The van der Waals surface area contributed by atoms with Crippen molar-refractivity contribution in [3.63, 3.8) is 0 Å². The van der Waals surface area contributed by atoms with Crippen molar-refractivity contribution in [3.05, 3.63) is 24.8 Å². The first-order chi connectivity index (χ1) is 7.70. The number of hydrogen-bond donors (Lipinski definition) is 0. The van der Waals surface area contributed by atoms with E-state index in [9.17, 15) is 9.59 Å². The molecule has 0 saturated heterocycles. The zero-order valence-electron chi connectivity index (χ0n) is 10.9. The van der Waals surface area contributed by atoms with Gasteiger partial charge < -0.3 is 9.47 Å². The number of carbonyl (C=O) groups excluding carboxylic acids is 2. The number of carbonyl (C=O) groups is 2. The predicted octanol–water partition coefficient (Wildman–Crippen LogP) is 2.60. The number of hydrogen-bond acceptors (Lipinski definition) is 4. The van der Waals surface area contributed by atoms with E-state index >= 15 is 0 Å². The Morgan fingerprint density at radius 3 is 2.24 bits per heavy atom. The molecule has 0 saturated carbocycles. The summed E-state index contributed by atoms with van der Waals surface area (Å²) in [5.41, 5.74) is 0.259. The summed E-state index contributed by atoms with van der Waals surface area (Å²) >= 11 is 0. The molecule has 0 fully saturated rings. The van der Waals surface area contributed by atoms with E-state index in [4.69, 9.17) is 9.47 Å². The van der Waals surface area contributed by atoms with Crippen LogP contribution in [0.1, 0.15) is 34.1 Å². The van der Waals surface area contributed by atoms with Gasteiger partial charge in [0.25, 0.3) is 5.79 Å². The summed E-state index contributed by atoms with van der Waals surface area (Å²) < 4.78 is 10.2. The lowest BCUT2D eigenvalue weighted by molar-refractivity contribution is -0.221. The average Bonchev–Trinajstić information content (AvgIpc) is 2.15. The normalized spacial score (nSPS) is 13.7. The molecule has 0 spiro atoms. The second-order valence-electron chi connectivity index (χ2n) is 4.53. The molecule has 0 heterocycles. The summed E-state index contributed by atoms with van der Waals surface area (Å²) in [7, 11) is 0. The van der Waals surface area contributed by atoms with Crippen molar-refractivity contribution in [1.82, 2.24) is 0 Å². The van der Waals surface area contributed by atoms with Gasteiger partial charge in [-0.15, -0.1) is 0 Å². The first kappa shape index (κ1) is 15.4. The van der Waals surface area contributed by atoms with Gasteiger partial charge in [0.2, 0.25) is 0 Å². The molecule has 17 heavy (non-hydrogen) atoms. The molecule has 0 radical (unpaired) electrons. The molecular weight excluding hydrogens is 220 g/mol. The molecule has 0 bridgehead atoms. The van der Waals surface area contributed by atoms with Crippen LogP contribution in [-0.2, 0) is 19.1 Å². The maximum atomic E-state index is 11.5. The van der Waals surface area contributed by atoms with Crippen LogP contribution < -0.4 is 0 Å². The highest BCUT2D eigenvalue weighted by Crippen LogP contribution is 2.24. The standard InChI is InChI=1S/C13H20O4/c1-7-11(14)16-13(6,8-9(2)3)17-12(15)10(4)5/h7,9H,1,4,8H2,2-3,5-6H3. The third kappa shape index (κ3) is 5.90. The Morgan fingerprint density at radius 2 is 1.88 bits per heavy atom. The highest BCUT2D eigenvalue weighted by Gasteiger charge is 2.33. The Hall–Kier alpha value is -1.58. The molecule has 0 aliphatic carbocycles. The molecule has 0 aliphatic heterocycles. The van der Waals surface area contributed by atoms with Gasteiger partial charge in [0.1, 0.15) is 0 Å². The summed E-state index contributed by atoms with van der Waals surface area (Å²) in [5, 5.41) is 0. The van der Waals surface area contributed by atoms with E-state index in [0.717, 1.165) is 6.08 Å². The highest BCUT2D eigenvalue weighted by molar-refractivity contribution is 5.87. The van der Waals surface area contributed by atoms with Crippen molar-refractivity contribution < 1.29 is 19.1 Å². The molecule has 1 atom stereocenters. The second kappa shape index (κ2) is 6.23. The SMILES string of the molecule is C=CC(=O)OC(C)(CC(C)C)OC(=O)C(=C)C. The van der Waals surface area contributed by atoms with Gasteiger partial charge in [-0.1, -0.05) is 27.0 Å². The zero-order valence-corrected chi connectivity index (χ0v) is 10.9. The van der Waals surface area contributed by atoms with Gasteiger partial charge in [0.15, 0.2) is 0 Å². The van der Waals surface area contributed by atoms with Crippen molar-refractivity contribution in [2.24, 2.45) is 5.92 Å². The molecule has 0 N–H and O–H groups in total. The van der Waals surface area contributed by atoms with E-state index in [2.05, 4.69) is 13.2 Å². The molecule has 1 unspecified atom stereocenters. The molecule has 0 aromatic carbocycles. The van der Waals surface area contributed by atoms with Crippen LogP contribution in [0.4, 0.5) is 0 Å². The maximum absolute atomic E-state index is 11.5. The monoisotopic (exact) mass is 240 g/mol. The van der Waals surface area contributed by atoms with Gasteiger partial charge in [-0.25, -0.2) is 9.59 Å². The van der Waals surface area contributed by atoms with Gasteiger partial charge in [-0.2, -0.15) is 0 Å². The number of esters is 2.